The van der Waals surface area contributed by atoms with Crippen LogP contribution < -0.4 is 14.8 Å². The van der Waals surface area contributed by atoms with Crippen molar-refractivity contribution in [1.82, 2.24) is 10.2 Å². The van der Waals surface area contributed by atoms with Gasteiger partial charge in [0.1, 0.15) is 0 Å². The molecule has 0 amide bonds. The minimum atomic E-state index is 0.150. The van der Waals surface area contributed by atoms with Gasteiger partial charge in [-0.2, -0.15) is 0 Å². The molecule has 1 saturated heterocycles. The smallest absolute Gasteiger partial charge is 0.231 e. The highest BCUT2D eigenvalue weighted by Gasteiger charge is 2.24. The Hall–Kier alpha value is -1.30. The Bertz CT molecular complexity index is 516. The summed E-state index contributed by atoms with van der Waals surface area (Å²) in [4.78, 5) is 13.5. The molecule has 2 aliphatic rings. The summed E-state index contributed by atoms with van der Waals surface area (Å²) in [7, 11) is 0. The Morgan fingerprint density at radius 1 is 1.30 bits per heavy atom. The fraction of sp³-hybridized carbons (Fsp3) is 0.500. The summed E-state index contributed by atoms with van der Waals surface area (Å²) in [5.41, 5.74) is 1.39. The van der Waals surface area contributed by atoms with E-state index in [1.807, 2.05) is 6.07 Å². The standard InChI is InChI=1S/C14H17ClN2O3/c15-12-7-10(1-4-17-5-2-16-3-6-17)13-14(11(12)8-18)20-9-19-13/h7-8,16H,1-6,9H2. The predicted molar refractivity (Wildman–Crippen MR) is 76.0 cm³/mol. The maximum atomic E-state index is 11.1. The first-order valence-corrected chi connectivity index (χ1v) is 7.16. The monoisotopic (exact) mass is 296 g/mol. The van der Waals surface area contributed by atoms with Crippen molar-refractivity contribution in [2.75, 3.05) is 39.5 Å². The first-order valence-electron chi connectivity index (χ1n) is 6.79. The summed E-state index contributed by atoms with van der Waals surface area (Å²) in [6.07, 6.45) is 1.56. The van der Waals surface area contributed by atoms with Gasteiger partial charge in [-0.05, 0) is 12.5 Å². The van der Waals surface area contributed by atoms with Gasteiger partial charge in [0.15, 0.2) is 17.8 Å². The van der Waals surface area contributed by atoms with E-state index in [4.69, 9.17) is 21.1 Å². The average molecular weight is 297 g/mol. The topological polar surface area (TPSA) is 50.8 Å². The molecule has 0 radical (unpaired) electrons. The van der Waals surface area contributed by atoms with Crippen molar-refractivity contribution in [1.29, 1.82) is 0 Å². The Balaban J connectivity index is 1.78. The molecule has 1 N–H and O–H groups in total. The fourth-order valence-corrected chi connectivity index (χ4v) is 2.89. The third-order valence-corrected chi connectivity index (χ3v) is 4.04. The second kappa shape index (κ2) is 5.99. The van der Waals surface area contributed by atoms with Crippen molar-refractivity contribution in [3.8, 4) is 11.5 Å². The zero-order chi connectivity index (χ0) is 13.9. The number of piperazine rings is 1. The van der Waals surface area contributed by atoms with Gasteiger partial charge in [-0.3, -0.25) is 4.79 Å². The number of nitrogens with one attached hydrogen (secondary N) is 1. The van der Waals surface area contributed by atoms with Gasteiger partial charge in [-0.25, -0.2) is 0 Å². The van der Waals surface area contributed by atoms with E-state index >= 15 is 0 Å². The summed E-state index contributed by atoms with van der Waals surface area (Å²) < 4.78 is 10.9. The number of aldehydes is 1. The molecule has 20 heavy (non-hydrogen) atoms. The van der Waals surface area contributed by atoms with Crippen LogP contribution in [0.5, 0.6) is 11.5 Å². The van der Waals surface area contributed by atoms with E-state index in [1.165, 1.54) is 0 Å². The second-order valence-electron chi connectivity index (χ2n) is 4.96. The van der Waals surface area contributed by atoms with Gasteiger partial charge in [-0.1, -0.05) is 11.6 Å². The molecule has 2 aliphatic heterocycles. The molecular weight excluding hydrogens is 280 g/mol. The van der Waals surface area contributed by atoms with Gasteiger partial charge in [0, 0.05) is 38.3 Å². The van der Waals surface area contributed by atoms with E-state index in [0.717, 1.165) is 51.0 Å². The molecule has 0 unspecified atom stereocenters. The van der Waals surface area contributed by atoms with Crippen molar-refractivity contribution in [3.05, 3.63) is 22.2 Å². The number of ether oxygens (including phenoxy) is 2. The molecular formula is C14H17ClN2O3. The number of carbonyl (C=O) groups is 1. The molecule has 0 atom stereocenters. The molecule has 0 spiro atoms. The summed E-state index contributed by atoms with van der Waals surface area (Å²) in [6, 6.07) is 1.82. The largest absolute Gasteiger partial charge is 0.453 e. The Morgan fingerprint density at radius 3 is 2.80 bits per heavy atom. The van der Waals surface area contributed by atoms with Gasteiger partial charge in [-0.15, -0.1) is 0 Å². The number of halogens is 1. The van der Waals surface area contributed by atoms with Gasteiger partial charge in [0.05, 0.1) is 10.6 Å². The minimum Gasteiger partial charge on any atom is -0.453 e. The van der Waals surface area contributed by atoms with Gasteiger partial charge >= 0.3 is 0 Å². The molecule has 0 aromatic heterocycles. The zero-order valence-electron chi connectivity index (χ0n) is 11.2. The maximum absolute atomic E-state index is 11.1. The summed E-state index contributed by atoms with van der Waals surface area (Å²) in [6.45, 7) is 5.27. The number of carbonyl (C=O) groups excluding carboxylic acids is 1. The highest BCUT2D eigenvalue weighted by atomic mass is 35.5. The summed E-state index contributed by atoms with van der Waals surface area (Å²) >= 11 is 6.14. The van der Waals surface area contributed by atoms with Crippen LogP contribution >= 0.6 is 11.6 Å². The van der Waals surface area contributed by atoms with Crippen LogP contribution in [0.3, 0.4) is 0 Å². The van der Waals surface area contributed by atoms with E-state index in [9.17, 15) is 4.79 Å². The molecule has 0 bridgehead atoms. The zero-order valence-corrected chi connectivity index (χ0v) is 11.9. The van der Waals surface area contributed by atoms with Crippen LogP contribution in [0.1, 0.15) is 15.9 Å². The van der Waals surface area contributed by atoms with Crippen LogP contribution in [0.2, 0.25) is 5.02 Å². The van der Waals surface area contributed by atoms with Crippen molar-refractivity contribution in [2.24, 2.45) is 0 Å². The lowest BCUT2D eigenvalue weighted by Gasteiger charge is -2.27. The van der Waals surface area contributed by atoms with E-state index in [0.29, 0.717) is 22.1 Å². The normalized spacial score (nSPS) is 18.2. The molecule has 6 heteroatoms. The molecule has 0 aliphatic carbocycles. The van der Waals surface area contributed by atoms with Crippen molar-refractivity contribution < 1.29 is 14.3 Å². The van der Waals surface area contributed by atoms with Crippen LogP contribution in [0.4, 0.5) is 0 Å². The van der Waals surface area contributed by atoms with E-state index < -0.39 is 0 Å². The Morgan fingerprint density at radius 2 is 2.05 bits per heavy atom. The molecule has 2 heterocycles. The molecule has 1 aromatic rings. The van der Waals surface area contributed by atoms with E-state index in [-0.39, 0.29) is 6.79 Å². The highest BCUT2D eigenvalue weighted by Crippen LogP contribution is 2.42. The lowest BCUT2D eigenvalue weighted by atomic mass is 10.1. The Labute approximate surface area is 122 Å². The van der Waals surface area contributed by atoms with Crippen molar-refractivity contribution >= 4 is 17.9 Å². The van der Waals surface area contributed by atoms with Crippen LogP contribution in [0, 0.1) is 0 Å². The van der Waals surface area contributed by atoms with Crippen LogP contribution in [0.15, 0.2) is 6.07 Å². The number of benzene rings is 1. The van der Waals surface area contributed by atoms with Crippen molar-refractivity contribution in [2.45, 2.75) is 6.42 Å². The third kappa shape index (κ3) is 2.61. The maximum Gasteiger partial charge on any atom is 0.231 e. The van der Waals surface area contributed by atoms with E-state index in [1.54, 1.807) is 0 Å². The molecule has 108 valence electrons. The first kappa shape index (κ1) is 13.7. The third-order valence-electron chi connectivity index (χ3n) is 3.73. The number of fused-ring (bicyclic) bond motifs is 1. The lowest BCUT2D eigenvalue weighted by Crippen LogP contribution is -2.44. The first-order chi connectivity index (χ1) is 9.79. The lowest BCUT2D eigenvalue weighted by molar-refractivity contribution is 0.111. The summed E-state index contributed by atoms with van der Waals surface area (Å²) in [5.74, 6) is 1.16. The van der Waals surface area contributed by atoms with Gasteiger partial charge in [0.2, 0.25) is 6.79 Å². The molecule has 1 aromatic carbocycles. The minimum absolute atomic E-state index is 0.150. The van der Waals surface area contributed by atoms with Crippen molar-refractivity contribution in [3.63, 3.8) is 0 Å². The highest BCUT2D eigenvalue weighted by molar-refractivity contribution is 6.33. The number of rotatable bonds is 4. The molecule has 0 saturated carbocycles. The van der Waals surface area contributed by atoms with Crippen LogP contribution in [-0.4, -0.2) is 50.7 Å². The van der Waals surface area contributed by atoms with Gasteiger partial charge in [0.25, 0.3) is 0 Å². The molecule has 3 rings (SSSR count). The number of nitrogens with zero attached hydrogens (tertiary/aromatic N) is 1. The quantitative estimate of drug-likeness (QED) is 0.850. The number of hydrogen-bond acceptors (Lipinski definition) is 5. The average Bonchev–Trinajstić information content (AvgIpc) is 2.95. The molecule has 5 nitrogen and oxygen atoms in total. The SMILES string of the molecule is O=Cc1c(Cl)cc(CCN2CCNCC2)c2c1OCO2. The van der Waals surface area contributed by atoms with Crippen LogP contribution in [-0.2, 0) is 6.42 Å². The Kier molecular flexibility index (Phi) is 4.10. The van der Waals surface area contributed by atoms with Gasteiger partial charge < -0.3 is 19.7 Å². The predicted octanol–water partition coefficient (Wildman–Crippen LogP) is 1.33. The fourth-order valence-electron chi connectivity index (χ4n) is 2.63. The van der Waals surface area contributed by atoms with E-state index in [2.05, 4.69) is 10.2 Å². The molecule has 1 fully saturated rings. The van der Waals surface area contributed by atoms with Crippen LogP contribution in [0.25, 0.3) is 0 Å². The number of hydrogen-bond donors (Lipinski definition) is 1. The second-order valence-corrected chi connectivity index (χ2v) is 5.36. The summed E-state index contributed by atoms with van der Waals surface area (Å²) in [5, 5.41) is 3.76.